The van der Waals surface area contributed by atoms with Gasteiger partial charge < -0.3 is 9.64 Å². The van der Waals surface area contributed by atoms with Gasteiger partial charge in [-0.15, -0.1) is 0 Å². The van der Waals surface area contributed by atoms with E-state index in [1.165, 1.54) is 16.4 Å². The van der Waals surface area contributed by atoms with Crippen molar-refractivity contribution in [1.29, 1.82) is 0 Å². The normalized spacial score (nSPS) is 27.6. The third-order valence-corrected chi connectivity index (χ3v) is 6.54. The van der Waals surface area contributed by atoms with Gasteiger partial charge in [0, 0.05) is 19.6 Å². The van der Waals surface area contributed by atoms with Gasteiger partial charge in [0.05, 0.1) is 23.6 Å². The van der Waals surface area contributed by atoms with E-state index in [1.807, 2.05) is 7.05 Å². The quantitative estimate of drug-likeness (QED) is 0.819. The van der Waals surface area contributed by atoms with Gasteiger partial charge in [-0.2, -0.15) is 4.31 Å². The zero-order valence-electron chi connectivity index (χ0n) is 12.8. The average molecular weight is 328 g/mol. The van der Waals surface area contributed by atoms with E-state index in [1.54, 1.807) is 6.92 Å². The number of rotatable bonds is 2. The van der Waals surface area contributed by atoms with Crippen molar-refractivity contribution >= 4 is 10.0 Å². The van der Waals surface area contributed by atoms with E-state index in [9.17, 15) is 12.8 Å². The van der Waals surface area contributed by atoms with Crippen molar-refractivity contribution in [2.45, 2.75) is 30.4 Å². The van der Waals surface area contributed by atoms with Crippen LogP contribution in [-0.2, 0) is 14.8 Å². The lowest BCUT2D eigenvalue weighted by Gasteiger charge is -2.45. The molecule has 122 valence electrons. The van der Waals surface area contributed by atoms with Crippen LogP contribution in [0.2, 0.25) is 0 Å². The van der Waals surface area contributed by atoms with Crippen molar-refractivity contribution in [1.82, 2.24) is 9.21 Å². The SMILES string of the molecule is Cc1ccc(F)cc1S(=O)(=O)N1CCOC2CCN(C)CC21. The molecule has 22 heavy (non-hydrogen) atoms. The Labute approximate surface area is 130 Å². The van der Waals surface area contributed by atoms with Crippen LogP contribution in [0.5, 0.6) is 0 Å². The number of fused-ring (bicyclic) bond motifs is 1. The van der Waals surface area contributed by atoms with Crippen molar-refractivity contribution in [2.75, 3.05) is 33.3 Å². The molecule has 2 fully saturated rings. The Morgan fingerprint density at radius 2 is 2.09 bits per heavy atom. The van der Waals surface area contributed by atoms with E-state index in [-0.39, 0.29) is 17.0 Å². The predicted molar refractivity (Wildman–Crippen MR) is 80.7 cm³/mol. The smallest absolute Gasteiger partial charge is 0.243 e. The van der Waals surface area contributed by atoms with E-state index >= 15 is 0 Å². The number of morpholine rings is 1. The van der Waals surface area contributed by atoms with Gasteiger partial charge in [0.2, 0.25) is 10.0 Å². The Balaban J connectivity index is 1.98. The molecule has 2 aliphatic rings. The number of sulfonamides is 1. The minimum absolute atomic E-state index is 0.0568. The minimum Gasteiger partial charge on any atom is -0.375 e. The summed E-state index contributed by atoms with van der Waals surface area (Å²) >= 11 is 0. The summed E-state index contributed by atoms with van der Waals surface area (Å²) in [4.78, 5) is 2.16. The summed E-state index contributed by atoms with van der Waals surface area (Å²) in [7, 11) is -1.75. The van der Waals surface area contributed by atoms with Crippen molar-refractivity contribution in [3.63, 3.8) is 0 Å². The Morgan fingerprint density at radius 3 is 2.86 bits per heavy atom. The molecule has 0 radical (unpaired) electrons. The first-order valence-corrected chi connectivity index (χ1v) is 8.92. The molecule has 0 spiro atoms. The third kappa shape index (κ3) is 2.78. The van der Waals surface area contributed by atoms with Gasteiger partial charge in [0.1, 0.15) is 5.82 Å². The molecule has 0 saturated carbocycles. The average Bonchev–Trinajstić information content (AvgIpc) is 2.48. The highest BCUT2D eigenvalue weighted by molar-refractivity contribution is 7.89. The third-order valence-electron chi connectivity index (χ3n) is 4.47. The van der Waals surface area contributed by atoms with Gasteiger partial charge in [-0.05, 0) is 38.1 Å². The lowest BCUT2D eigenvalue weighted by molar-refractivity contribution is -0.0719. The maximum atomic E-state index is 13.5. The first kappa shape index (κ1) is 15.9. The first-order chi connectivity index (χ1) is 10.4. The van der Waals surface area contributed by atoms with Crippen LogP contribution >= 0.6 is 0 Å². The van der Waals surface area contributed by atoms with Crippen molar-refractivity contribution in [3.05, 3.63) is 29.6 Å². The molecule has 0 amide bonds. The maximum Gasteiger partial charge on any atom is 0.243 e. The van der Waals surface area contributed by atoms with Gasteiger partial charge in [-0.1, -0.05) is 6.07 Å². The van der Waals surface area contributed by atoms with Crippen molar-refractivity contribution < 1.29 is 17.5 Å². The fourth-order valence-corrected chi connectivity index (χ4v) is 5.14. The Morgan fingerprint density at radius 1 is 1.32 bits per heavy atom. The fourth-order valence-electron chi connectivity index (χ4n) is 3.28. The molecule has 1 aromatic carbocycles. The van der Waals surface area contributed by atoms with Crippen LogP contribution in [0.3, 0.4) is 0 Å². The minimum atomic E-state index is -3.72. The van der Waals surface area contributed by atoms with E-state index in [4.69, 9.17) is 4.74 Å². The van der Waals surface area contributed by atoms with Crippen LogP contribution in [-0.4, -0.2) is 63.1 Å². The monoisotopic (exact) mass is 328 g/mol. The molecule has 2 aliphatic heterocycles. The highest BCUT2D eigenvalue weighted by atomic mass is 32.2. The number of aryl methyl sites for hydroxylation is 1. The highest BCUT2D eigenvalue weighted by Gasteiger charge is 2.42. The second kappa shape index (κ2) is 5.88. The molecule has 0 aromatic heterocycles. The standard InChI is InChI=1S/C15H21FN2O3S/c1-11-3-4-12(16)9-15(11)22(19,20)18-7-8-21-14-5-6-17(2)10-13(14)18/h3-4,9,13-14H,5-8,10H2,1-2H3. The van der Waals surface area contributed by atoms with Gasteiger partial charge in [0.15, 0.2) is 0 Å². The topological polar surface area (TPSA) is 49.9 Å². The zero-order valence-corrected chi connectivity index (χ0v) is 13.6. The predicted octanol–water partition coefficient (Wildman–Crippen LogP) is 1.23. The van der Waals surface area contributed by atoms with Crippen LogP contribution in [0.1, 0.15) is 12.0 Å². The number of halogens is 1. The second-order valence-corrected chi connectivity index (χ2v) is 7.91. The molecule has 2 unspecified atom stereocenters. The van der Waals surface area contributed by atoms with Crippen LogP contribution in [0.4, 0.5) is 4.39 Å². The first-order valence-electron chi connectivity index (χ1n) is 7.48. The Bertz CT molecular complexity index is 665. The van der Waals surface area contributed by atoms with Crippen molar-refractivity contribution in [3.8, 4) is 0 Å². The van der Waals surface area contributed by atoms with Gasteiger partial charge in [-0.25, -0.2) is 12.8 Å². The lowest BCUT2D eigenvalue weighted by Crippen LogP contribution is -2.60. The Hall–Kier alpha value is -1.02. The van der Waals surface area contributed by atoms with Crippen LogP contribution < -0.4 is 0 Å². The number of hydrogen-bond donors (Lipinski definition) is 0. The lowest BCUT2D eigenvalue weighted by atomic mass is 10.0. The molecule has 2 heterocycles. The molecule has 2 saturated heterocycles. The molecule has 0 N–H and O–H groups in total. The summed E-state index contributed by atoms with van der Waals surface area (Å²) in [6.07, 6.45) is 0.739. The number of hydrogen-bond acceptors (Lipinski definition) is 4. The van der Waals surface area contributed by atoms with Gasteiger partial charge in [-0.3, -0.25) is 0 Å². The second-order valence-electron chi connectivity index (χ2n) is 6.05. The summed E-state index contributed by atoms with van der Waals surface area (Å²) in [5.74, 6) is -0.533. The van der Waals surface area contributed by atoms with Crippen molar-refractivity contribution in [2.24, 2.45) is 0 Å². The van der Waals surface area contributed by atoms with E-state index in [2.05, 4.69) is 4.90 Å². The molecule has 3 rings (SSSR count). The molecular formula is C15H21FN2O3S. The summed E-state index contributed by atoms with van der Waals surface area (Å²) in [6, 6.07) is 3.69. The van der Waals surface area contributed by atoms with Gasteiger partial charge in [0.25, 0.3) is 0 Å². The van der Waals surface area contributed by atoms with E-state index < -0.39 is 15.8 Å². The molecule has 7 heteroatoms. The zero-order chi connectivity index (χ0) is 15.9. The molecule has 0 aliphatic carbocycles. The molecular weight excluding hydrogens is 307 g/mol. The molecule has 0 bridgehead atoms. The van der Waals surface area contributed by atoms with Gasteiger partial charge >= 0.3 is 0 Å². The summed E-state index contributed by atoms with van der Waals surface area (Å²) in [6.45, 7) is 3.93. The number of nitrogens with zero attached hydrogens (tertiary/aromatic N) is 2. The summed E-state index contributed by atoms with van der Waals surface area (Å²) < 4.78 is 46.8. The van der Waals surface area contributed by atoms with E-state index in [0.717, 1.165) is 19.0 Å². The largest absolute Gasteiger partial charge is 0.375 e. The molecule has 1 aromatic rings. The Kier molecular flexibility index (Phi) is 4.24. The number of benzene rings is 1. The maximum absolute atomic E-state index is 13.5. The summed E-state index contributed by atoms with van der Waals surface area (Å²) in [5.41, 5.74) is 0.564. The number of likely N-dealkylation sites (tertiary alicyclic amines) is 1. The highest BCUT2D eigenvalue weighted by Crippen LogP contribution is 2.29. The fraction of sp³-hybridized carbons (Fsp3) is 0.600. The number of ether oxygens (including phenoxy) is 1. The number of piperidine rings is 1. The number of likely N-dealkylation sites (N-methyl/N-ethyl adjacent to an activating group) is 1. The molecule has 5 nitrogen and oxygen atoms in total. The van der Waals surface area contributed by atoms with Crippen LogP contribution in [0.25, 0.3) is 0 Å². The molecule has 2 atom stereocenters. The van der Waals surface area contributed by atoms with E-state index in [0.29, 0.717) is 25.3 Å². The van der Waals surface area contributed by atoms with Crippen LogP contribution in [0, 0.1) is 12.7 Å². The van der Waals surface area contributed by atoms with Crippen LogP contribution in [0.15, 0.2) is 23.1 Å². The summed E-state index contributed by atoms with van der Waals surface area (Å²) in [5, 5.41) is 0.